The van der Waals surface area contributed by atoms with Gasteiger partial charge in [-0.15, -0.1) is 0 Å². The zero-order valence-corrected chi connectivity index (χ0v) is 13.3. The van der Waals surface area contributed by atoms with Crippen molar-refractivity contribution >= 4 is 16.8 Å². The molecule has 1 heterocycles. The predicted octanol–water partition coefficient (Wildman–Crippen LogP) is 1.66. The molecule has 1 aliphatic heterocycles. The molecule has 1 unspecified atom stereocenters. The Balaban J connectivity index is 1.92. The molecule has 2 rings (SSSR count). The normalized spacial score (nSPS) is 22.0. The average Bonchev–Trinajstić information content (AvgIpc) is 2.78. The molecule has 1 aromatic rings. The van der Waals surface area contributed by atoms with Crippen molar-refractivity contribution in [3.63, 3.8) is 0 Å². The molecule has 5 nitrogen and oxygen atoms in total. The molecular weight excluding hydrogens is 292 g/mol. The van der Waals surface area contributed by atoms with Crippen LogP contribution < -0.4 is 0 Å². The van der Waals surface area contributed by atoms with E-state index in [-0.39, 0.29) is 18.5 Å². The minimum absolute atomic E-state index is 0.157. The summed E-state index contributed by atoms with van der Waals surface area (Å²) in [4.78, 5) is 11.9. The summed E-state index contributed by atoms with van der Waals surface area (Å²) in [6, 6.07) is 7.13. The quantitative estimate of drug-likeness (QED) is 0.774. The van der Waals surface area contributed by atoms with Crippen LogP contribution in [0.1, 0.15) is 19.4 Å². The average molecular weight is 312 g/mol. The van der Waals surface area contributed by atoms with Crippen molar-refractivity contribution in [1.82, 2.24) is 0 Å². The molecule has 21 heavy (non-hydrogen) atoms. The molecule has 0 amide bonds. The van der Waals surface area contributed by atoms with E-state index < -0.39 is 16.6 Å². The first-order chi connectivity index (χ1) is 9.89. The van der Waals surface area contributed by atoms with Crippen molar-refractivity contribution < 1.29 is 23.2 Å². The molecule has 0 aromatic heterocycles. The summed E-state index contributed by atoms with van der Waals surface area (Å²) >= 11 is 0. The Bertz CT molecular complexity index is 523. The van der Waals surface area contributed by atoms with Crippen molar-refractivity contribution in [2.24, 2.45) is 0 Å². The van der Waals surface area contributed by atoms with Gasteiger partial charge in [0.2, 0.25) is 0 Å². The van der Waals surface area contributed by atoms with E-state index in [0.29, 0.717) is 12.4 Å². The van der Waals surface area contributed by atoms with E-state index in [1.807, 2.05) is 13.8 Å². The molecule has 2 atom stereocenters. The van der Waals surface area contributed by atoms with Gasteiger partial charge in [-0.25, -0.2) is 0 Å². The second kappa shape index (κ2) is 6.68. The van der Waals surface area contributed by atoms with E-state index in [1.54, 1.807) is 24.3 Å². The maximum Gasteiger partial charge on any atom is 0.309 e. The minimum Gasteiger partial charge on any atom is -0.469 e. The molecule has 0 radical (unpaired) electrons. The van der Waals surface area contributed by atoms with Gasteiger partial charge in [0.25, 0.3) is 0 Å². The summed E-state index contributed by atoms with van der Waals surface area (Å²) in [6.45, 7) is 4.15. The molecule has 0 saturated carbocycles. The van der Waals surface area contributed by atoms with Crippen LogP contribution in [0.3, 0.4) is 0 Å². The monoisotopic (exact) mass is 312 g/mol. The molecule has 1 fully saturated rings. The number of ether oxygens (including phenoxy) is 3. The van der Waals surface area contributed by atoms with Gasteiger partial charge in [-0.05, 0) is 31.5 Å². The lowest BCUT2D eigenvalue weighted by Crippen LogP contribution is -2.24. The second-order valence-electron chi connectivity index (χ2n) is 5.36. The number of esters is 1. The van der Waals surface area contributed by atoms with E-state index in [9.17, 15) is 9.00 Å². The van der Waals surface area contributed by atoms with Crippen LogP contribution in [0, 0.1) is 0 Å². The summed E-state index contributed by atoms with van der Waals surface area (Å²) < 4.78 is 28.0. The van der Waals surface area contributed by atoms with Gasteiger partial charge in [-0.2, -0.15) is 0 Å². The maximum absolute atomic E-state index is 12.3. The smallest absolute Gasteiger partial charge is 0.309 e. The highest BCUT2D eigenvalue weighted by Crippen LogP contribution is 2.23. The lowest BCUT2D eigenvalue weighted by atomic mass is 10.2. The number of carbonyl (C=O) groups excluding carboxylic acids is 1. The molecule has 116 valence electrons. The van der Waals surface area contributed by atoms with Crippen LogP contribution in [-0.2, 0) is 36.2 Å². The Hall–Kier alpha value is -1.24. The SMILES string of the molecule is COC(=O)Cc1ccc([S@@](=O)CC2COC(C)(C)O2)cc1. The minimum atomic E-state index is -1.15. The first-order valence-corrected chi connectivity index (χ1v) is 8.07. The molecule has 0 aliphatic carbocycles. The fraction of sp³-hybridized carbons (Fsp3) is 0.533. The Morgan fingerprint density at radius 3 is 2.57 bits per heavy atom. The summed E-state index contributed by atoms with van der Waals surface area (Å²) in [7, 11) is 0.208. The third-order valence-electron chi connectivity index (χ3n) is 3.17. The zero-order valence-electron chi connectivity index (χ0n) is 12.5. The highest BCUT2D eigenvalue weighted by atomic mass is 32.2. The molecule has 1 aliphatic rings. The van der Waals surface area contributed by atoms with Gasteiger partial charge < -0.3 is 14.2 Å². The zero-order chi connectivity index (χ0) is 15.5. The van der Waals surface area contributed by atoms with Crippen molar-refractivity contribution in [2.75, 3.05) is 19.5 Å². The number of hydrogen-bond acceptors (Lipinski definition) is 5. The number of hydrogen-bond donors (Lipinski definition) is 0. The van der Waals surface area contributed by atoms with Gasteiger partial charge in [-0.1, -0.05) is 12.1 Å². The van der Waals surface area contributed by atoms with Crippen LogP contribution in [0.4, 0.5) is 0 Å². The number of carbonyl (C=O) groups is 1. The van der Waals surface area contributed by atoms with Gasteiger partial charge in [-0.3, -0.25) is 9.00 Å². The van der Waals surface area contributed by atoms with Gasteiger partial charge in [0.1, 0.15) is 0 Å². The lowest BCUT2D eigenvalue weighted by molar-refractivity contribution is -0.139. The van der Waals surface area contributed by atoms with E-state index in [2.05, 4.69) is 4.74 Å². The van der Waals surface area contributed by atoms with Crippen molar-refractivity contribution in [3.05, 3.63) is 29.8 Å². The molecule has 0 bridgehead atoms. The van der Waals surface area contributed by atoms with Crippen LogP contribution in [0.2, 0.25) is 0 Å². The van der Waals surface area contributed by atoms with Gasteiger partial charge >= 0.3 is 5.97 Å². The van der Waals surface area contributed by atoms with Gasteiger partial charge in [0.15, 0.2) is 5.79 Å². The summed E-state index contributed by atoms with van der Waals surface area (Å²) in [6.07, 6.45) is 0.0626. The predicted molar refractivity (Wildman–Crippen MR) is 78.3 cm³/mol. The highest BCUT2D eigenvalue weighted by molar-refractivity contribution is 7.85. The largest absolute Gasteiger partial charge is 0.469 e. The molecule has 1 saturated heterocycles. The van der Waals surface area contributed by atoms with E-state index in [1.165, 1.54) is 7.11 Å². The Labute approximate surface area is 127 Å². The molecular formula is C15H20O5S. The first kappa shape index (κ1) is 16.1. The van der Waals surface area contributed by atoms with Gasteiger partial charge in [0, 0.05) is 4.90 Å². The Kier molecular flexibility index (Phi) is 5.13. The summed E-state index contributed by atoms with van der Waals surface area (Å²) in [5.74, 6) is -0.485. The number of rotatable bonds is 5. The van der Waals surface area contributed by atoms with E-state index in [0.717, 1.165) is 10.5 Å². The van der Waals surface area contributed by atoms with Crippen LogP contribution in [0.5, 0.6) is 0 Å². The van der Waals surface area contributed by atoms with Crippen molar-refractivity contribution in [2.45, 2.75) is 37.1 Å². The topological polar surface area (TPSA) is 61.8 Å². The lowest BCUT2D eigenvalue weighted by Gasteiger charge is -2.16. The molecule has 0 spiro atoms. The number of methoxy groups -OCH3 is 1. The van der Waals surface area contributed by atoms with Crippen LogP contribution in [0.15, 0.2) is 29.2 Å². The van der Waals surface area contributed by atoms with Crippen LogP contribution >= 0.6 is 0 Å². The van der Waals surface area contributed by atoms with Crippen LogP contribution in [-0.4, -0.2) is 41.5 Å². The maximum atomic E-state index is 12.3. The molecule has 1 aromatic carbocycles. The van der Waals surface area contributed by atoms with E-state index in [4.69, 9.17) is 9.47 Å². The second-order valence-corrected chi connectivity index (χ2v) is 6.86. The Morgan fingerprint density at radius 2 is 2.05 bits per heavy atom. The Morgan fingerprint density at radius 1 is 1.38 bits per heavy atom. The third-order valence-corrected chi connectivity index (χ3v) is 4.64. The van der Waals surface area contributed by atoms with Gasteiger partial charge in [0.05, 0.1) is 42.8 Å². The van der Waals surface area contributed by atoms with Crippen molar-refractivity contribution in [1.29, 1.82) is 0 Å². The standard InChI is InChI=1S/C15H20O5S/c1-15(2)19-9-12(20-15)10-21(17)13-6-4-11(5-7-13)8-14(16)18-3/h4-7,12H,8-10H2,1-3H3/t12?,21-/m0/s1. The fourth-order valence-electron chi connectivity index (χ4n) is 2.11. The third kappa shape index (κ3) is 4.62. The summed E-state index contributed by atoms with van der Waals surface area (Å²) in [5, 5.41) is 0. The number of benzene rings is 1. The van der Waals surface area contributed by atoms with E-state index >= 15 is 0 Å². The van der Waals surface area contributed by atoms with Crippen LogP contribution in [0.25, 0.3) is 0 Å². The fourth-order valence-corrected chi connectivity index (χ4v) is 3.24. The molecule has 6 heteroatoms. The summed E-state index contributed by atoms with van der Waals surface area (Å²) in [5.41, 5.74) is 0.837. The van der Waals surface area contributed by atoms with Crippen molar-refractivity contribution in [3.8, 4) is 0 Å². The molecule has 0 N–H and O–H groups in total. The first-order valence-electron chi connectivity index (χ1n) is 6.75. The highest BCUT2D eigenvalue weighted by Gasteiger charge is 2.33.